The second-order valence-corrected chi connectivity index (χ2v) is 4.11. The number of aromatic amines is 1. The minimum atomic E-state index is -2.51. The fourth-order valence-electron chi connectivity index (χ4n) is 1.98. The molecule has 0 bridgehead atoms. The maximum atomic E-state index is 12.9. The highest BCUT2D eigenvalue weighted by Crippen LogP contribution is 2.41. The van der Waals surface area contributed by atoms with Crippen LogP contribution in [0.15, 0.2) is 18.5 Å². The molecule has 1 aliphatic carbocycles. The number of aromatic nitrogens is 1. The van der Waals surface area contributed by atoms with Gasteiger partial charge in [-0.1, -0.05) is 0 Å². The lowest BCUT2D eigenvalue weighted by Gasteiger charge is -2.36. The van der Waals surface area contributed by atoms with Crippen LogP contribution in [0.1, 0.15) is 31.2 Å². The molecule has 0 radical (unpaired) electrons. The van der Waals surface area contributed by atoms with Gasteiger partial charge < -0.3 is 10.7 Å². The molecule has 0 aromatic carbocycles. The molecular formula is C10H14F2N2. The molecule has 1 aromatic rings. The van der Waals surface area contributed by atoms with Crippen molar-refractivity contribution in [1.82, 2.24) is 4.98 Å². The van der Waals surface area contributed by atoms with Crippen LogP contribution < -0.4 is 5.73 Å². The standard InChI is InChI=1S/C10H14F2N2/c11-10(12)4-2-9(13,3-5-10)8-1-6-14-7-8/h1,6-7,14H,2-5,13H2. The molecule has 0 aliphatic heterocycles. The zero-order chi connectivity index (χ0) is 10.2. The van der Waals surface area contributed by atoms with E-state index in [1.165, 1.54) is 0 Å². The van der Waals surface area contributed by atoms with E-state index in [1.807, 2.05) is 6.07 Å². The van der Waals surface area contributed by atoms with E-state index in [0.29, 0.717) is 12.8 Å². The van der Waals surface area contributed by atoms with Gasteiger partial charge in [0.1, 0.15) is 0 Å². The van der Waals surface area contributed by atoms with Gasteiger partial charge in [0, 0.05) is 30.8 Å². The Labute approximate surface area is 81.5 Å². The molecule has 1 heterocycles. The van der Waals surface area contributed by atoms with Crippen molar-refractivity contribution in [1.29, 1.82) is 0 Å². The van der Waals surface area contributed by atoms with Crippen LogP contribution in [0, 0.1) is 0 Å². The summed E-state index contributed by atoms with van der Waals surface area (Å²) in [6.07, 6.45) is 4.08. The molecule has 1 aromatic heterocycles. The van der Waals surface area contributed by atoms with Crippen LogP contribution in [0.3, 0.4) is 0 Å². The normalized spacial score (nSPS) is 24.8. The number of rotatable bonds is 1. The van der Waals surface area contributed by atoms with Crippen LogP contribution in [0.2, 0.25) is 0 Å². The van der Waals surface area contributed by atoms with Gasteiger partial charge in [-0.3, -0.25) is 0 Å². The summed E-state index contributed by atoms with van der Waals surface area (Å²) < 4.78 is 25.9. The minimum Gasteiger partial charge on any atom is -0.367 e. The molecule has 2 nitrogen and oxygen atoms in total. The van der Waals surface area contributed by atoms with Gasteiger partial charge in [-0.05, 0) is 24.5 Å². The Morgan fingerprint density at radius 1 is 1.21 bits per heavy atom. The van der Waals surface area contributed by atoms with E-state index in [4.69, 9.17) is 5.73 Å². The number of hydrogen-bond donors (Lipinski definition) is 2. The van der Waals surface area contributed by atoms with Crippen LogP contribution in [0.25, 0.3) is 0 Å². The maximum Gasteiger partial charge on any atom is 0.248 e. The Morgan fingerprint density at radius 3 is 2.36 bits per heavy atom. The highest BCUT2D eigenvalue weighted by Gasteiger charge is 2.42. The first kappa shape index (κ1) is 9.65. The highest BCUT2D eigenvalue weighted by atomic mass is 19.3. The number of H-pyrrole nitrogens is 1. The summed E-state index contributed by atoms with van der Waals surface area (Å²) in [5.41, 5.74) is 6.48. The summed E-state index contributed by atoms with van der Waals surface area (Å²) in [5.74, 6) is -2.51. The molecule has 1 aliphatic rings. The summed E-state index contributed by atoms with van der Waals surface area (Å²) in [6, 6.07) is 1.86. The van der Waals surface area contributed by atoms with E-state index in [0.717, 1.165) is 5.56 Å². The first-order chi connectivity index (χ1) is 6.52. The Hall–Kier alpha value is -0.900. The van der Waals surface area contributed by atoms with Gasteiger partial charge in [0.2, 0.25) is 5.92 Å². The van der Waals surface area contributed by atoms with Crippen molar-refractivity contribution < 1.29 is 8.78 Å². The van der Waals surface area contributed by atoms with E-state index in [9.17, 15) is 8.78 Å². The smallest absolute Gasteiger partial charge is 0.248 e. The van der Waals surface area contributed by atoms with Crippen molar-refractivity contribution in [3.8, 4) is 0 Å². The number of hydrogen-bond acceptors (Lipinski definition) is 1. The average Bonchev–Trinajstić information content (AvgIpc) is 2.64. The Balaban J connectivity index is 2.13. The largest absolute Gasteiger partial charge is 0.367 e. The van der Waals surface area contributed by atoms with E-state index in [2.05, 4.69) is 4.98 Å². The summed E-state index contributed by atoms with van der Waals surface area (Å²) in [7, 11) is 0. The Bertz CT molecular complexity index is 296. The van der Waals surface area contributed by atoms with Crippen LogP contribution in [0.4, 0.5) is 8.78 Å². The van der Waals surface area contributed by atoms with Crippen molar-refractivity contribution in [3.63, 3.8) is 0 Å². The SMILES string of the molecule is NC1(c2cc[nH]c2)CCC(F)(F)CC1. The second-order valence-electron chi connectivity index (χ2n) is 4.11. The average molecular weight is 200 g/mol. The van der Waals surface area contributed by atoms with Gasteiger partial charge in [-0.15, -0.1) is 0 Å². The number of alkyl halides is 2. The molecule has 0 amide bonds. The van der Waals surface area contributed by atoms with E-state index in [-0.39, 0.29) is 12.8 Å². The van der Waals surface area contributed by atoms with E-state index in [1.54, 1.807) is 12.4 Å². The summed E-state index contributed by atoms with van der Waals surface area (Å²) in [5, 5.41) is 0. The van der Waals surface area contributed by atoms with Crippen molar-refractivity contribution in [2.24, 2.45) is 5.73 Å². The van der Waals surface area contributed by atoms with Crippen molar-refractivity contribution in [2.75, 3.05) is 0 Å². The van der Waals surface area contributed by atoms with Gasteiger partial charge in [0.15, 0.2) is 0 Å². The Kier molecular flexibility index (Phi) is 2.10. The second kappa shape index (κ2) is 3.05. The van der Waals surface area contributed by atoms with Crippen molar-refractivity contribution >= 4 is 0 Å². The molecule has 1 fully saturated rings. The predicted molar refractivity (Wildman–Crippen MR) is 50.1 cm³/mol. The third-order valence-corrected chi connectivity index (χ3v) is 3.05. The summed E-state index contributed by atoms with van der Waals surface area (Å²) in [6.45, 7) is 0. The molecule has 0 atom stereocenters. The summed E-state index contributed by atoms with van der Waals surface area (Å²) in [4.78, 5) is 2.91. The van der Waals surface area contributed by atoms with Crippen LogP contribution in [-0.2, 0) is 5.54 Å². The van der Waals surface area contributed by atoms with Gasteiger partial charge in [0.25, 0.3) is 0 Å². The minimum absolute atomic E-state index is 0.103. The van der Waals surface area contributed by atoms with Crippen molar-refractivity contribution in [3.05, 3.63) is 24.0 Å². The molecular weight excluding hydrogens is 186 g/mol. The lowest BCUT2D eigenvalue weighted by atomic mass is 9.77. The molecule has 0 unspecified atom stereocenters. The number of nitrogens with one attached hydrogen (secondary N) is 1. The molecule has 1 saturated carbocycles. The third-order valence-electron chi connectivity index (χ3n) is 3.05. The van der Waals surface area contributed by atoms with E-state index >= 15 is 0 Å². The van der Waals surface area contributed by atoms with Crippen molar-refractivity contribution in [2.45, 2.75) is 37.1 Å². The molecule has 4 heteroatoms. The number of nitrogens with two attached hydrogens (primary N) is 1. The van der Waals surface area contributed by atoms with E-state index < -0.39 is 11.5 Å². The van der Waals surface area contributed by atoms with Crippen LogP contribution >= 0.6 is 0 Å². The quantitative estimate of drug-likeness (QED) is 0.718. The maximum absolute atomic E-state index is 12.9. The fourth-order valence-corrected chi connectivity index (χ4v) is 1.98. The molecule has 78 valence electrons. The first-order valence-electron chi connectivity index (χ1n) is 4.82. The molecule has 3 N–H and O–H groups in total. The zero-order valence-electron chi connectivity index (χ0n) is 7.89. The topological polar surface area (TPSA) is 41.8 Å². The molecule has 14 heavy (non-hydrogen) atoms. The van der Waals surface area contributed by atoms with Gasteiger partial charge in [-0.2, -0.15) is 0 Å². The summed E-state index contributed by atoms with van der Waals surface area (Å²) >= 11 is 0. The number of halogens is 2. The van der Waals surface area contributed by atoms with Gasteiger partial charge in [-0.25, -0.2) is 8.78 Å². The monoisotopic (exact) mass is 200 g/mol. The molecule has 0 saturated heterocycles. The zero-order valence-corrected chi connectivity index (χ0v) is 7.89. The van der Waals surface area contributed by atoms with Gasteiger partial charge in [0.05, 0.1) is 0 Å². The lowest BCUT2D eigenvalue weighted by Crippen LogP contribution is -2.43. The molecule has 2 rings (SSSR count). The van der Waals surface area contributed by atoms with Crippen LogP contribution in [-0.4, -0.2) is 10.9 Å². The Morgan fingerprint density at radius 2 is 1.86 bits per heavy atom. The third kappa shape index (κ3) is 1.66. The van der Waals surface area contributed by atoms with Crippen LogP contribution in [0.5, 0.6) is 0 Å². The fraction of sp³-hybridized carbons (Fsp3) is 0.600. The predicted octanol–water partition coefficient (Wildman–Crippen LogP) is 2.38. The highest BCUT2D eigenvalue weighted by molar-refractivity contribution is 5.21. The van der Waals surface area contributed by atoms with Gasteiger partial charge >= 0.3 is 0 Å². The first-order valence-corrected chi connectivity index (χ1v) is 4.82. The molecule has 0 spiro atoms. The lowest BCUT2D eigenvalue weighted by molar-refractivity contribution is -0.0513.